The molecule has 1 rings (SSSR count). The summed E-state index contributed by atoms with van der Waals surface area (Å²) in [6, 6.07) is 0. The molecule has 0 unspecified atom stereocenters. The number of aliphatic imine (C=N–C) groups is 1. The maximum Gasteiger partial charge on any atom is 0.191 e. The molecule has 1 saturated carbocycles. The minimum Gasteiger partial charge on any atom is -0.396 e. The van der Waals surface area contributed by atoms with Gasteiger partial charge in [-0.25, -0.2) is 0 Å². The van der Waals surface area contributed by atoms with Crippen molar-refractivity contribution in [3.05, 3.63) is 0 Å². The normalized spacial score (nSPS) is 18.9. The van der Waals surface area contributed by atoms with Crippen LogP contribution in [-0.2, 0) is 0 Å². The Labute approximate surface area is 128 Å². The van der Waals surface area contributed by atoms with E-state index in [1.54, 1.807) is 0 Å². The highest BCUT2D eigenvalue weighted by Crippen LogP contribution is 2.39. The Balaban J connectivity index is 2.56. The topological polar surface area (TPSA) is 56.7 Å². The lowest BCUT2D eigenvalue weighted by atomic mass is 9.72. The van der Waals surface area contributed by atoms with Crippen LogP contribution < -0.4 is 10.6 Å². The van der Waals surface area contributed by atoms with Crippen molar-refractivity contribution in [1.82, 2.24) is 10.6 Å². The molecule has 1 aliphatic carbocycles. The molecule has 0 spiro atoms. The van der Waals surface area contributed by atoms with Gasteiger partial charge in [-0.3, -0.25) is 4.99 Å². The molecule has 0 aliphatic heterocycles. The maximum atomic E-state index is 9.34. The van der Waals surface area contributed by atoms with E-state index in [4.69, 9.17) is 4.99 Å². The first-order valence-corrected chi connectivity index (χ1v) is 9.28. The molecule has 0 radical (unpaired) electrons. The van der Waals surface area contributed by atoms with E-state index < -0.39 is 0 Å². The molecule has 0 amide bonds. The molecule has 0 aromatic heterocycles. The molecule has 4 nitrogen and oxygen atoms in total. The molecule has 0 aromatic rings. The third kappa shape index (κ3) is 6.35. The number of aliphatic hydroxyl groups excluding tert-OH is 1. The van der Waals surface area contributed by atoms with Crippen molar-refractivity contribution in [3.8, 4) is 0 Å². The van der Waals surface area contributed by atoms with Gasteiger partial charge in [0.2, 0.25) is 0 Å². The van der Waals surface area contributed by atoms with Gasteiger partial charge in [-0.1, -0.05) is 19.3 Å². The quantitative estimate of drug-likeness (QED) is 0.366. The van der Waals surface area contributed by atoms with Gasteiger partial charge in [-0.15, -0.1) is 0 Å². The van der Waals surface area contributed by atoms with Gasteiger partial charge in [0.1, 0.15) is 0 Å². The predicted octanol–water partition coefficient (Wildman–Crippen LogP) is 2.24. The van der Waals surface area contributed by atoms with Gasteiger partial charge < -0.3 is 15.7 Å². The van der Waals surface area contributed by atoms with E-state index in [2.05, 4.69) is 23.8 Å². The van der Waals surface area contributed by atoms with Crippen molar-refractivity contribution in [2.45, 2.75) is 45.4 Å². The van der Waals surface area contributed by atoms with Gasteiger partial charge >= 0.3 is 0 Å². The SMILES string of the molecule is CCNC(=NCC1(CCO)CCCCC1)NCCSC. The molecule has 0 aromatic carbocycles. The Morgan fingerprint density at radius 1 is 1.25 bits per heavy atom. The van der Waals surface area contributed by atoms with Crippen molar-refractivity contribution < 1.29 is 5.11 Å². The summed E-state index contributed by atoms with van der Waals surface area (Å²) in [7, 11) is 0. The summed E-state index contributed by atoms with van der Waals surface area (Å²) in [5.41, 5.74) is 0.231. The number of thioether (sulfide) groups is 1. The highest BCUT2D eigenvalue weighted by Gasteiger charge is 2.31. The fraction of sp³-hybridized carbons (Fsp3) is 0.933. The number of rotatable bonds is 8. The summed E-state index contributed by atoms with van der Waals surface area (Å²) < 4.78 is 0. The van der Waals surface area contributed by atoms with Gasteiger partial charge in [0.05, 0.1) is 0 Å². The molecule has 20 heavy (non-hydrogen) atoms. The van der Waals surface area contributed by atoms with Crippen LogP contribution in [0.25, 0.3) is 0 Å². The Morgan fingerprint density at radius 3 is 2.60 bits per heavy atom. The zero-order chi connectivity index (χ0) is 14.7. The van der Waals surface area contributed by atoms with Crippen LogP contribution in [0.5, 0.6) is 0 Å². The molecule has 1 fully saturated rings. The molecule has 3 N–H and O–H groups in total. The Morgan fingerprint density at radius 2 is 2.00 bits per heavy atom. The first-order chi connectivity index (χ1) is 9.76. The summed E-state index contributed by atoms with van der Waals surface area (Å²) in [5, 5.41) is 16.0. The summed E-state index contributed by atoms with van der Waals surface area (Å²) in [6.45, 7) is 5.04. The summed E-state index contributed by atoms with van der Waals surface area (Å²) >= 11 is 1.84. The lowest BCUT2D eigenvalue weighted by molar-refractivity contribution is 0.137. The van der Waals surface area contributed by atoms with Crippen LogP contribution in [0.3, 0.4) is 0 Å². The smallest absolute Gasteiger partial charge is 0.191 e. The highest BCUT2D eigenvalue weighted by molar-refractivity contribution is 7.98. The molecule has 118 valence electrons. The first-order valence-electron chi connectivity index (χ1n) is 7.88. The van der Waals surface area contributed by atoms with E-state index >= 15 is 0 Å². The number of hydrogen-bond acceptors (Lipinski definition) is 3. The first kappa shape index (κ1) is 17.6. The zero-order valence-electron chi connectivity index (χ0n) is 13.1. The lowest BCUT2D eigenvalue weighted by Crippen LogP contribution is -2.40. The maximum absolute atomic E-state index is 9.34. The Hall–Kier alpha value is -0.420. The number of nitrogens with one attached hydrogen (secondary N) is 2. The van der Waals surface area contributed by atoms with Gasteiger partial charge in [-0.05, 0) is 37.9 Å². The van der Waals surface area contributed by atoms with E-state index in [1.807, 2.05) is 11.8 Å². The number of aliphatic hydroxyl groups is 1. The van der Waals surface area contributed by atoms with E-state index in [0.29, 0.717) is 0 Å². The van der Waals surface area contributed by atoms with Gasteiger partial charge in [-0.2, -0.15) is 11.8 Å². The van der Waals surface area contributed by atoms with E-state index in [9.17, 15) is 5.11 Å². The minimum atomic E-state index is 0.231. The van der Waals surface area contributed by atoms with Crippen molar-refractivity contribution in [3.63, 3.8) is 0 Å². The average molecular weight is 301 g/mol. The molecule has 0 atom stereocenters. The van der Waals surface area contributed by atoms with Gasteiger partial charge in [0, 0.05) is 32.0 Å². The van der Waals surface area contributed by atoms with Crippen LogP contribution in [0, 0.1) is 5.41 Å². The van der Waals surface area contributed by atoms with Gasteiger partial charge in [0.15, 0.2) is 5.96 Å². The third-order valence-electron chi connectivity index (χ3n) is 4.07. The van der Waals surface area contributed by atoms with E-state index in [0.717, 1.165) is 37.8 Å². The molecular formula is C15H31N3OS. The molecule has 0 heterocycles. The highest BCUT2D eigenvalue weighted by atomic mass is 32.2. The fourth-order valence-electron chi connectivity index (χ4n) is 2.89. The lowest BCUT2D eigenvalue weighted by Gasteiger charge is -2.35. The van der Waals surface area contributed by atoms with Gasteiger partial charge in [0.25, 0.3) is 0 Å². The number of guanidine groups is 1. The molecule has 0 bridgehead atoms. The van der Waals surface area contributed by atoms with Crippen molar-refractivity contribution in [1.29, 1.82) is 0 Å². The van der Waals surface area contributed by atoms with Crippen LogP contribution >= 0.6 is 11.8 Å². The van der Waals surface area contributed by atoms with Crippen LogP contribution in [0.1, 0.15) is 45.4 Å². The summed E-state index contributed by atoms with van der Waals surface area (Å²) in [4.78, 5) is 4.77. The van der Waals surface area contributed by atoms with Crippen molar-refractivity contribution in [2.24, 2.45) is 10.4 Å². The molecule has 1 aliphatic rings. The zero-order valence-corrected chi connectivity index (χ0v) is 13.9. The molecular weight excluding hydrogens is 270 g/mol. The molecule has 5 heteroatoms. The summed E-state index contributed by atoms with van der Waals surface area (Å²) in [5.74, 6) is 2.01. The fourth-order valence-corrected chi connectivity index (χ4v) is 3.19. The van der Waals surface area contributed by atoms with Crippen LogP contribution in [-0.4, -0.2) is 49.3 Å². The third-order valence-corrected chi connectivity index (χ3v) is 4.68. The average Bonchev–Trinajstić information content (AvgIpc) is 2.46. The number of nitrogens with zero attached hydrogens (tertiary/aromatic N) is 1. The second-order valence-electron chi connectivity index (χ2n) is 5.65. The van der Waals surface area contributed by atoms with Crippen molar-refractivity contribution >= 4 is 17.7 Å². The second kappa shape index (κ2) is 10.3. The number of hydrogen-bond donors (Lipinski definition) is 3. The monoisotopic (exact) mass is 301 g/mol. The Bertz CT molecular complexity index is 273. The molecule has 0 saturated heterocycles. The second-order valence-corrected chi connectivity index (χ2v) is 6.63. The van der Waals surface area contributed by atoms with Crippen molar-refractivity contribution in [2.75, 3.05) is 38.2 Å². The van der Waals surface area contributed by atoms with Crippen LogP contribution in [0.4, 0.5) is 0 Å². The van der Waals surface area contributed by atoms with Crippen LogP contribution in [0.2, 0.25) is 0 Å². The summed E-state index contributed by atoms with van der Waals surface area (Å²) in [6.07, 6.45) is 9.33. The Kier molecular flexibility index (Phi) is 9.10. The largest absolute Gasteiger partial charge is 0.396 e. The van der Waals surface area contributed by atoms with E-state index in [1.165, 1.54) is 32.1 Å². The predicted molar refractivity (Wildman–Crippen MR) is 89.6 cm³/mol. The standard InChI is InChI=1S/C15H31N3OS/c1-3-16-14(17-10-12-20-2)18-13-15(9-11-19)7-5-4-6-8-15/h19H,3-13H2,1-2H3,(H2,16,17,18). The minimum absolute atomic E-state index is 0.231. The van der Waals surface area contributed by atoms with Crippen LogP contribution in [0.15, 0.2) is 4.99 Å². The van der Waals surface area contributed by atoms with E-state index in [-0.39, 0.29) is 12.0 Å².